The molecule has 2 aromatic rings. The highest BCUT2D eigenvalue weighted by atomic mass is 35.5. The summed E-state index contributed by atoms with van der Waals surface area (Å²) in [5.74, 6) is 1.08. The third kappa shape index (κ3) is 3.36. The number of aromatic nitrogens is 3. The topological polar surface area (TPSA) is 59.9 Å². The first kappa shape index (κ1) is 14.5. The largest absolute Gasteiger partial charge is 0.424 e. The second-order valence-corrected chi connectivity index (χ2v) is 5.65. The molecule has 20 heavy (non-hydrogen) atoms. The van der Waals surface area contributed by atoms with Gasteiger partial charge in [-0.25, -0.2) is 0 Å². The molecule has 1 N–H and O–H groups in total. The third-order valence-corrected chi connectivity index (χ3v) is 2.88. The first-order chi connectivity index (χ1) is 9.40. The zero-order valence-corrected chi connectivity index (χ0v) is 12.7. The molecule has 0 bridgehead atoms. The normalized spacial score (nSPS) is 11.2. The Morgan fingerprint density at radius 3 is 2.45 bits per heavy atom. The Bertz CT molecular complexity index is 610. The van der Waals surface area contributed by atoms with E-state index in [-0.39, 0.29) is 16.7 Å². The first-order valence-corrected chi connectivity index (χ1v) is 6.64. The fourth-order valence-corrected chi connectivity index (χ4v) is 1.92. The average Bonchev–Trinajstić information content (AvgIpc) is 2.37. The molecule has 0 radical (unpaired) electrons. The van der Waals surface area contributed by atoms with Gasteiger partial charge in [-0.3, -0.25) is 0 Å². The van der Waals surface area contributed by atoms with Crippen molar-refractivity contribution in [3.63, 3.8) is 0 Å². The Labute approximate surface area is 123 Å². The molecule has 0 saturated carbocycles. The summed E-state index contributed by atoms with van der Waals surface area (Å²) in [6, 6.07) is 7.97. The summed E-state index contributed by atoms with van der Waals surface area (Å²) in [6.07, 6.45) is 0. The summed E-state index contributed by atoms with van der Waals surface area (Å²) in [5, 5.41) is 2.90. The van der Waals surface area contributed by atoms with Crippen molar-refractivity contribution in [2.75, 3.05) is 12.4 Å². The fraction of sp³-hybridized carbons (Fsp3) is 0.357. The van der Waals surface area contributed by atoms with E-state index in [0.717, 1.165) is 5.56 Å². The molecule has 1 aromatic heterocycles. The second-order valence-electron chi connectivity index (χ2n) is 5.31. The number of anilines is 1. The van der Waals surface area contributed by atoms with Gasteiger partial charge in [-0.15, -0.1) is 0 Å². The summed E-state index contributed by atoms with van der Waals surface area (Å²) >= 11 is 5.84. The molecule has 106 valence electrons. The molecule has 1 aromatic carbocycles. The van der Waals surface area contributed by atoms with Crippen LogP contribution >= 0.6 is 11.6 Å². The zero-order valence-electron chi connectivity index (χ0n) is 11.9. The van der Waals surface area contributed by atoms with Crippen LogP contribution in [0.5, 0.6) is 11.8 Å². The highest BCUT2D eigenvalue weighted by Crippen LogP contribution is 2.33. The Morgan fingerprint density at radius 1 is 1.10 bits per heavy atom. The number of ether oxygens (including phenoxy) is 1. The van der Waals surface area contributed by atoms with Crippen molar-refractivity contribution in [1.82, 2.24) is 15.0 Å². The molecule has 0 saturated heterocycles. The van der Waals surface area contributed by atoms with Gasteiger partial charge in [0.25, 0.3) is 0 Å². The van der Waals surface area contributed by atoms with E-state index in [1.165, 1.54) is 0 Å². The number of nitrogens with zero attached hydrogens (tertiary/aromatic N) is 3. The third-order valence-electron chi connectivity index (χ3n) is 2.71. The lowest BCUT2D eigenvalue weighted by Crippen LogP contribution is -2.12. The Balaban J connectivity index is 2.38. The smallest absolute Gasteiger partial charge is 0.328 e. The molecule has 0 aliphatic rings. The Hall–Kier alpha value is -1.88. The van der Waals surface area contributed by atoms with Crippen molar-refractivity contribution >= 4 is 17.5 Å². The number of benzene rings is 1. The molecule has 5 nitrogen and oxygen atoms in total. The standard InChI is InChI=1S/C14H17ClN4O/c1-14(2,3)9-7-5-6-8-10(9)20-13-18-11(15)17-12(16-4)19-13/h5-8H,1-4H3,(H,16,17,18,19). The van der Waals surface area contributed by atoms with Crippen molar-refractivity contribution < 1.29 is 4.74 Å². The van der Waals surface area contributed by atoms with E-state index in [1.54, 1.807) is 7.05 Å². The average molecular weight is 293 g/mol. The van der Waals surface area contributed by atoms with Crippen LogP contribution in [0.15, 0.2) is 24.3 Å². The maximum atomic E-state index is 5.84. The quantitative estimate of drug-likeness (QED) is 0.935. The van der Waals surface area contributed by atoms with Crippen LogP contribution in [-0.2, 0) is 5.41 Å². The molecule has 0 spiro atoms. The fourth-order valence-electron chi connectivity index (χ4n) is 1.76. The summed E-state index contributed by atoms with van der Waals surface area (Å²) in [6.45, 7) is 6.36. The van der Waals surface area contributed by atoms with Gasteiger partial charge in [0.1, 0.15) is 5.75 Å². The molecule has 0 unspecified atom stereocenters. The van der Waals surface area contributed by atoms with Gasteiger partial charge in [-0.2, -0.15) is 15.0 Å². The predicted molar refractivity (Wildman–Crippen MR) is 79.6 cm³/mol. The molecular formula is C14H17ClN4O. The lowest BCUT2D eigenvalue weighted by molar-refractivity contribution is 0.421. The Kier molecular flexibility index (Phi) is 4.09. The number of hydrogen-bond acceptors (Lipinski definition) is 5. The van der Waals surface area contributed by atoms with Crippen molar-refractivity contribution in [3.8, 4) is 11.8 Å². The lowest BCUT2D eigenvalue weighted by Gasteiger charge is -2.21. The maximum absolute atomic E-state index is 5.84. The maximum Gasteiger partial charge on any atom is 0.328 e. The molecular weight excluding hydrogens is 276 g/mol. The summed E-state index contributed by atoms with van der Waals surface area (Å²) in [7, 11) is 1.71. The van der Waals surface area contributed by atoms with E-state index in [4.69, 9.17) is 16.3 Å². The van der Waals surface area contributed by atoms with Crippen LogP contribution in [0.3, 0.4) is 0 Å². The van der Waals surface area contributed by atoms with E-state index in [2.05, 4.69) is 41.0 Å². The second kappa shape index (κ2) is 5.63. The highest BCUT2D eigenvalue weighted by molar-refractivity contribution is 6.28. The number of halogens is 1. The van der Waals surface area contributed by atoms with Gasteiger partial charge in [0, 0.05) is 12.6 Å². The monoisotopic (exact) mass is 292 g/mol. The molecule has 2 rings (SSSR count). The number of nitrogens with one attached hydrogen (secondary N) is 1. The minimum Gasteiger partial charge on any atom is -0.424 e. The van der Waals surface area contributed by atoms with Crippen molar-refractivity contribution in [2.45, 2.75) is 26.2 Å². The van der Waals surface area contributed by atoms with E-state index in [1.807, 2.05) is 24.3 Å². The van der Waals surface area contributed by atoms with Gasteiger partial charge in [-0.1, -0.05) is 39.0 Å². The van der Waals surface area contributed by atoms with Gasteiger partial charge in [0.2, 0.25) is 11.2 Å². The minimum atomic E-state index is -0.0424. The van der Waals surface area contributed by atoms with Crippen LogP contribution in [0.1, 0.15) is 26.3 Å². The van der Waals surface area contributed by atoms with Crippen LogP contribution in [0.2, 0.25) is 5.28 Å². The minimum absolute atomic E-state index is 0.0424. The predicted octanol–water partition coefficient (Wildman–Crippen LogP) is 3.66. The van der Waals surface area contributed by atoms with E-state index in [9.17, 15) is 0 Å². The van der Waals surface area contributed by atoms with Crippen LogP contribution < -0.4 is 10.1 Å². The Morgan fingerprint density at radius 2 is 1.80 bits per heavy atom. The van der Waals surface area contributed by atoms with Crippen molar-refractivity contribution in [2.24, 2.45) is 0 Å². The van der Waals surface area contributed by atoms with E-state index < -0.39 is 0 Å². The van der Waals surface area contributed by atoms with Crippen LogP contribution in [0.4, 0.5) is 5.95 Å². The van der Waals surface area contributed by atoms with Gasteiger partial charge in [0.15, 0.2) is 0 Å². The molecule has 1 heterocycles. The van der Waals surface area contributed by atoms with Crippen LogP contribution in [-0.4, -0.2) is 22.0 Å². The van der Waals surface area contributed by atoms with Gasteiger partial charge in [0.05, 0.1) is 0 Å². The van der Waals surface area contributed by atoms with Crippen LogP contribution in [0.25, 0.3) is 0 Å². The van der Waals surface area contributed by atoms with Gasteiger partial charge < -0.3 is 10.1 Å². The highest BCUT2D eigenvalue weighted by Gasteiger charge is 2.19. The van der Waals surface area contributed by atoms with Crippen molar-refractivity contribution in [1.29, 1.82) is 0 Å². The summed E-state index contributed by atoms with van der Waals surface area (Å²) < 4.78 is 5.77. The van der Waals surface area contributed by atoms with Gasteiger partial charge in [-0.05, 0) is 23.1 Å². The molecule has 0 aliphatic carbocycles. The molecule has 0 amide bonds. The van der Waals surface area contributed by atoms with Crippen molar-refractivity contribution in [3.05, 3.63) is 35.1 Å². The van der Waals surface area contributed by atoms with E-state index in [0.29, 0.717) is 11.7 Å². The molecule has 0 aliphatic heterocycles. The lowest BCUT2D eigenvalue weighted by atomic mass is 9.86. The first-order valence-electron chi connectivity index (χ1n) is 6.27. The summed E-state index contributed by atoms with van der Waals surface area (Å²) in [4.78, 5) is 12.0. The number of hydrogen-bond donors (Lipinski definition) is 1. The molecule has 0 fully saturated rings. The SMILES string of the molecule is CNc1nc(Cl)nc(Oc2ccccc2C(C)(C)C)n1. The number of para-hydroxylation sites is 1. The van der Waals surface area contributed by atoms with Gasteiger partial charge >= 0.3 is 6.01 Å². The zero-order chi connectivity index (χ0) is 14.8. The molecule has 0 atom stereocenters. The summed E-state index contributed by atoms with van der Waals surface area (Å²) in [5.41, 5.74) is 1.03. The van der Waals surface area contributed by atoms with Crippen LogP contribution in [0, 0.1) is 0 Å². The number of rotatable bonds is 3. The van der Waals surface area contributed by atoms with E-state index >= 15 is 0 Å². The molecule has 6 heteroatoms.